The largest absolute Gasteiger partial charge is 0.461 e. The Morgan fingerprint density at radius 1 is 1.10 bits per heavy atom. The lowest BCUT2D eigenvalue weighted by molar-refractivity contribution is 0.0520. The number of thiazole rings is 1. The molecular weight excluding hydrogens is 382 g/mol. The molecule has 0 spiro atoms. The van der Waals surface area contributed by atoms with E-state index in [2.05, 4.69) is 41.4 Å². The molecule has 0 saturated heterocycles. The zero-order chi connectivity index (χ0) is 19.8. The molecule has 0 amide bonds. The standard InChI is InChI=1S/C23H19N3O2S/c1-2-28-22(27)19-14-29-23(24-19)26-21-17-11-7-6-8-15(17)12-13-18(21)20(25-26)16-9-4-3-5-10-16/h3-11,14H,2,12-13H2,1H3. The Hall–Kier alpha value is -3.25. The zero-order valence-electron chi connectivity index (χ0n) is 16.0. The maximum absolute atomic E-state index is 12.1. The first-order valence-electron chi connectivity index (χ1n) is 9.65. The molecule has 0 radical (unpaired) electrons. The molecule has 0 bridgehead atoms. The number of hydrogen-bond acceptors (Lipinski definition) is 5. The second-order valence-electron chi connectivity index (χ2n) is 6.85. The average Bonchev–Trinajstić information content (AvgIpc) is 3.40. The van der Waals surface area contributed by atoms with E-state index in [9.17, 15) is 4.79 Å². The molecule has 144 valence electrons. The van der Waals surface area contributed by atoms with Crippen LogP contribution < -0.4 is 0 Å². The molecule has 6 heteroatoms. The first-order chi connectivity index (χ1) is 14.3. The van der Waals surface area contributed by atoms with Gasteiger partial charge in [0.2, 0.25) is 5.13 Å². The third kappa shape index (κ3) is 3.06. The quantitative estimate of drug-likeness (QED) is 0.455. The van der Waals surface area contributed by atoms with Gasteiger partial charge in [-0.05, 0) is 25.3 Å². The molecule has 5 nitrogen and oxygen atoms in total. The first kappa shape index (κ1) is 17.8. The van der Waals surface area contributed by atoms with Gasteiger partial charge in [0.05, 0.1) is 18.0 Å². The highest BCUT2D eigenvalue weighted by molar-refractivity contribution is 7.12. The lowest BCUT2D eigenvalue weighted by Crippen LogP contribution is -2.08. The highest BCUT2D eigenvalue weighted by Gasteiger charge is 2.27. The Kier molecular flexibility index (Phi) is 4.48. The number of carbonyl (C=O) groups excluding carboxylic acids is 1. The molecule has 29 heavy (non-hydrogen) atoms. The van der Waals surface area contributed by atoms with Gasteiger partial charge in [-0.1, -0.05) is 54.6 Å². The van der Waals surface area contributed by atoms with E-state index in [1.165, 1.54) is 28.0 Å². The molecular formula is C23H19N3O2S. The lowest BCUT2D eigenvalue weighted by atomic mass is 9.88. The lowest BCUT2D eigenvalue weighted by Gasteiger charge is -2.18. The second kappa shape index (κ2) is 7.29. The number of nitrogens with zero attached hydrogens (tertiary/aromatic N) is 3. The fraction of sp³-hybridized carbons (Fsp3) is 0.174. The van der Waals surface area contributed by atoms with Crippen molar-refractivity contribution in [1.29, 1.82) is 0 Å². The van der Waals surface area contributed by atoms with Gasteiger partial charge in [-0.2, -0.15) is 5.10 Å². The van der Waals surface area contributed by atoms with Crippen LogP contribution >= 0.6 is 11.3 Å². The number of fused-ring (bicyclic) bond motifs is 3. The van der Waals surface area contributed by atoms with E-state index in [0.717, 1.165) is 29.8 Å². The van der Waals surface area contributed by atoms with Gasteiger partial charge in [-0.25, -0.2) is 14.5 Å². The van der Waals surface area contributed by atoms with Gasteiger partial charge < -0.3 is 4.74 Å². The minimum Gasteiger partial charge on any atom is -0.461 e. The van der Waals surface area contributed by atoms with Crippen molar-refractivity contribution < 1.29 is 9.53 Å². The first-order valence-corrected chi connectivity index (χ1v) is 10.5. The van der Waals surface area contributed by atoms with Crippen LogP contribution in [0.2, 0.25) is 0 Å². The summed E-state index contributed by atoms with van der Waals surface area (Å²) >= 11 is 1.40. The summed E-state index contributed by atoms with van der Waals surface area (Å²) in [5.74, 6) is -0.403. The van der Waals surface area contributed by atoms with E-state index in [-0.39, 0.29) is 0 Å². The normalized spacial score (nSPS) is 12.3. The third-order valence-electron chi connectivity index (χ3n) is 5.11. The summed E-state index contributed by atoms with van der Waals surface area (Å²) in [4.78, 5) is 16.6. The van der Waals surface area contributed by atoms with Gasteiger partial charge in [-0.3, -0.25) is 0 Å². The van der Waals surface area contributed by atoms with Crippen molar-refractivity contribution in [2.24, 2.45) is 0 Å². The van der Waals surface area contributed by atoms with Crippen molar-refractivity contribution in [3.63, 3.8) is 0 Å². The number of aromatic nitrogens is 3. The topological polar surface area (TPSA) is 57.0 Å². The van der Waals surface area contributed by atoms with Crippen LogP contribution in [0.3, 0.4) is 0 Å². The van der Waals surface area contributed by atoms with Crippen LogP contribution in [0.1, 0.15) is 28.5 Å². The molecule has 2 aromatic carbocycles. The predicted molar refractivity (Wildman–Crippen MR) is 113 cm³/mol. The van der Waals surface area contributed by atoms with Crippen LogP contribution in [0.15, 0.2) is 60.0 Å². The average molecular weight is 401 g/mol. The molecule has 0 unspecified atom stereocenters. The summed E-state index contributed by atoms with van der Waals surface area (Å²) in [6.45, 7) is 2.12. The van der Waals surface area contributed by atoms with Crippen molar-refractivity contribution >= 4 is 17.3 Å². The van der Waals surface area contributed by atoms with Gasteiger partial charge in [0, 0.05) is 22.1 Å². The summed E-state index contributed by atoms with van der Waals surface area (Å²) in [6, 6.07) is 18.7. The third-order valence-corrected chi connectivity index (χ3v) is 5.92. The fourth-order valence-corrected chi connectivity index (χ4v) is 4.57. The van der Waals surface area contributed by atoms with Crippen LogP contribution in [0.5, 0.6) is 0 Å². The summed E-state index contributed by atoms with van der Waals surface area (Å²) in [6.07, 6.45) is 1.91. The minimum absolute atomic E-state index is 0.321. The molecule has 1 aliphatic carbocycles. The number of esters is 1. The SMILES string of the molecule is CCOC(=O)c1csc(-n2nc(-c3ccccc3)c3c2-c2ccccc2CC3)n1. The number of ether oxygens (including phenoxy) is 1. The molecule has 0 aliphatic heterocycles. The monoisotopic (exact) mass is 401 g/mol. The van der Waals surface area contributed by atoms with E-state index in [1.807, 2.05) is 22.9 Å². The van der Waals surface area contributed by atoms with Gasteiger partial charge in [-0.15, -0.1) is 11.3 Å². The summed E-state index contributed by atoms with van der Waals surface area (Å²) in [5, 5.41) is 7.37. The maximum atomic E-state index is 12.1. The van der Waals surface area contributed by atoms with E-state index >= 15 is 0 Å². The van der Waals surface area contributed by atoms with E-state index < -0.39 is 5.97 Å². The van der Waals surface area contributed by atoms with Gasteiger partial charge in [0.15, 0.2) is 5.69 Å². The van der Waals surface area contributed by atoms with Gasteiger partial charge in [0.1, 0.15) is 0 Å². The number of carbonyl (C=O) groups is 1. The summed E-state index contributed by atoms with van der Waals surface area (Å²) < 4.78 is 6.99. The van der Waals surface area contributed by atoms with Crippen LogP contribution in [-0.4, -0.2) is 27.3 Å². The van der Waals surface area contributed by atoms with E-state index in [0.29, 0.717) is 17.4 Å². The molecule has 5 rings (SSSR count). The predicted octanol–water partition coefficient (Wildman–Crippen LogP) is 4.94. The highest BCUT2D eigenvalue weighted by Crippen LogP contribution is 2.40. The number of hydrogen-bond donors (Lipinski definition) is 0. The van der Waals surface area contributed by atoms with Crippen molar-refractivity contribution in [3.8, 4) is 27.6 Å². The van der Waals surface area contributed by atoms with Crippen molar-refractivity contribution in [1.82, 2.24) is 14.8 Å². The van der Waals surface area contributed by atoms with Crippen molar-refractivity contribution in [2.45, 2.75) is 19.8 Å². The molecule has 0 N–H and O–H groups in total. The minimum atomic E-state index is -0.403. The molecule has 2 heterocycles. The van der Waals surface area contributed by atoms with Crippen LogP contribution in [-0.2, 0) is 17.6 Å². The highest BCUT2D eigenvalue weighted by atomic mass is 32.1. The number of aryl methyl sites for hydroxylation is 1. The molecule has 0 atom stereocenters. The van der Waals surface area contributed by atoms with Crippen molar-refractivity contribution in [3.05, 3.63) is 76.8 Å². The smallest absolute Gasteiger partial charge is 0.357 e. The Labute approximate surface area is 172 Å². The fourth-order valence-electron chi connectivity index (χ4n) is 3.82. The van der Waals surface area contributed by atoms with Crippen LogP contribution in [0.4, 0.5) is 0 Å². The Balaban J connectivity index is 1.71. The Bertz CT molecular complexity index is 1190. The van der Waals surface area contributed by atoms with E-state index in [4.69, 9.17) is 9.84 Å². The number of rotatable bonds is 4. The molecule has 2 aromatic heterocycles. The van der Waals surface area contributed by atoms with E-state index in [1.54, 1.807) is 12.3 Å². The summed E-state index contributed by atoms with van der Waals surface area (Å²) in [7, 11) is 0. The van der Waals surface area contributed by atoms with Gasteiger partial charge >= 0.3 is 5.97 Å². The van der Waals surface area contributed by atoms with Crippen molar-refractivity contribution in [2.75, 3.05) is 6.61 Å². The Morgan fingerprint density at radius 3 is 2.72 bits per heavy atom. The zero-order valence-corrected chi connectivity index (χ0v) is 16.8. The molecule has 0 saturated carbocycles. The Morgan fingerprint density at radius 2 is 1.90 bits per heavy atom. The molecule has 1 aliphatic rings. The number of benzene rings is 2. The van der Waals surface area contributed by atoms with Crippen LogP contribution in [0.25, 0.3) is 27.6 Å². The van der Waals surface area contributed by atoms with Gasteiger partial charge in [0.25, 0.3) is 0 Å². The molecule has 4 aromatic rings. The summed E-state index contributed by atoms with van der Waals surface area (Å²) in [5.41, 5.74) is 7.16. The van der Waals surface area contributed by atoms with Crippen LogP contribution in [0, 0.1) is 0 Å². The molecule has 0 fully saturated rings. The second-order valence-corrected chi connectivity index (χ2v) is 7.68. The maximum Gasteiger partial charge on any atom is 0.357 e.